The molecule has 26 heavy (non-hydrogen) atoms. The molecule has 0 bridgehead atoms. The van der Waals surface area contributed by atoms with Crippen LogP contribution in [0.3, 0.4) is 0 Å². The zero-order valence-electron chi connectivity index (χ0n) is 13.2. The normalized spacial score (nSPS) is 16.3. The van der Waals surface area contributed by atoms with Gasteiger partial charge >= 0.3 is 0 Å². The van der Waals surface area contributed by atoms with Crippen molar-refractivity contribution in [3.63, 3.8) is 0 Å². The lowest BCUT2D eigenvalue weighted by Gasteiger charge is -2.25. The number of nitrogens with one attached hydrogen (secondary N) is 2. The van der Waals surface area contributed by atoms with Crippen molar-refractivity contribution in [1.82, 2.24) is 5.48 Å². The Morgan fingerprint density at radius 1 is 1.15 bits per heavy atom. The number of halogens is 2. The third kappa shape index (κ3) is 4.04. The van der Waals surface area contributed by atoms with E-state index in [0.717, 1.165) is 5.56 Å². The summed E-state index contributed by atoms with van der Waals surface area (Å²) in [6, 6.07) is 8.75. The van der Waals surface area contributed by atoms with E-state index < -0.39 is 22.0 Å². The first-order valence-corrected chi connectivity index (χ1v) is 9.75. The van der Waals surface area contributed by atoms with Gasteiger partial charge in [0, 0.05) is 15.7 Å². The molecule has 1 aliphatic rings. The first-order chi connectivity index (χ1) is 12.3. The van der Waals surface area contributed by atoms with Crippen LogP contribution < -0.4 is 14.9 Å². The largest absolute Gasteiger partial charge is 0.480 e. The van der Waals surface area contributed by atoms with E-state index in [1.165, 1.54) is 24.3 Å². The smallest absolute Gasteiger partial charge is 0.284 e. The fourth-order valence-corrected chi connectivity index (χ4v) is 4.38. The van der Waals surface area contributed by atoms with Crippen LogP contribution in [0.15, 0.2) is 41.3 Å². The lowest BCUT2D eigenvalue weighted by Crippen LogP contribution is -2.38. The van der Waals surface area contributed by atoms with Gasteiger partial charge in [-0.3, -0.25) is 14.7 Å². The van der Waals surface area contributed by atoms with Gasteiger partial charge in [0.1, 0.15) is 5.75 Å². The van der Waals surface area contributed by atoms with Crippen LogP contribution in [0.25, 0.3) is 0 Å². The van der Waals surface area contributed by atoms with E-state index in [-0.39, 0.29) is 14.9 Å². The molecule has 7 nitrogen and oxygen atoms in total. The van der Waals surface area contributed by atoms with Crippen LogP contribution in [-0.2, 0) is 21.2 Å². The average molecular weight is 417 g/mol. The highest BCUT2D eigenvalue weighted by molar-refractivity contribution is 7.92. The molecule has 0 radical (unpaired) electrons. The molecule has 138 valence electrons. The Bertz CT molecular complexity index is 945. The Morgan fingerprint density at radius 3 is 2.50 bits per heavy atom. The predicted molar refractivity (Wildman–Crippen MR) is 96.4 cm³/mol. The summed E-state index contributed by atoms with van der Waals surface area (Å²) in [6.07, 6.45) is 0.0644. The molecule has 0 aromatic heterocycles. The summed E-state index contributed by atoms with van der Waals surface area (Å²) in [4.78, 5) is 11.4. The molecule has 3 rings (SSSR count). The zero-order chi connectivity index (χ0) is 18.9. The van der Waals surface area contributed by atoms with Gasteiger partial charge in [0.25, 0.3) is 15.9 Å². The van der Waals surface area contributed by atoms with Gasteiger partial charge in [0.2, 0.25) is 0 Å². The van der Waals surface area contributed by atoms with E-state index in [2.05, 4.69) is 4.72 Å². The number of hydrogen-bond donors (Lipinski definition) is 3. The first-order valence-electron chi connectivity index (χ1n) is 7.51. The third-order valence-corrected chi connectivity index (χ3v) is 5.60. The quantitative estimate of drug-likeness (QED) is 0.524. The minimum Gasteiger partial charge on any atom is -0.480 e. The molecule has 0 saturated carbocycles. The summed E-state index contributed by atoms with van der Waals surface area (Å²) < 4.78 is 33.0. The topological polar surface area (TPSA) is 105 Å². The van der Waals surface area contributed by atoms with Crippen molar-refractivity contribution in [1.29, 1.82) is 0 Å². The van der Waals surface area contributed by atoms with Gasteiger partial charge in [-0.25, -0.2) is 13.9 Å². The summed E-state index contributed by atoms with van der Waals surface area (Å²) in [5, 5.41) is 9.10. The van der Waals surface area contributed by atoms with Crippen molar-refractivity contribution in [2.24, 2.45) is 0 Å². The summed E-state index contributed by atoms with van der Waals surface area (Å²) in [5.41, 5.74) is 2.65. The van der Waals surface area contributed by atoms with Crippen molar-refractivity contribution < 1.29 is 23.2 Å². The Kier molecular flexibility index (Phi) is 5.29. The molecule has 0 saturated heterocycles. The Balaban J connectivity index is 1.82. The Morgan fingerprint density at radius 2 is 1.85 bits per heavy atom. The van der Waals surface area contributed by atoms with Gasteiger partial charge in [-0.05, 0) is 54.8 Å². The second kappa shape index (κ2) is 7.32. The van der Waals surface area contributed by atoms with Crippen LogP contribution in [0, 0.1) is 0 Å². The monoisotopic (exact) mass is 416 g/mol. The van der Waals surface area contributed by atoms with Crippen LogP contribution in [0.1, 0.15) is 12.0 Å². The molecule has 1 aliphatic heterocycles. The maximum Gasteiger partial charge on any atom is 0.284 e. The summed E-state index contributed by atoms with van der Waals surface area (Å²) in [6.45, 7) is 0. The number of hydroxylamine groups is 1. The number of carbonyl (C=O) groups excluding carboxylic acids is 1. The summed E-state index contributed by atoms with van der Waals surface area (Å²) in [7, 11) is -3.87. The molecule has 1 amide bonds. The Labute approximate surface area is 159 Å². The molecule has 1 unspecified atom stereocenters. The number of benzene rings is 2. The van der Waals surface area contributed by atoms with Crippen molar-refractivity contribution in [2.45, 2.75) is 23.8 Å². The standard InChI is InChI=1S/C16H14Cl2N2O5S/c17-10-6-11(18)8-13(7-10)26(23,24)20-12-2-4-14-9(5-12)1-3-15(25-14)16(21)19-22/h2,4-8,15,20,22H,1,3H2,(H,19,21). The fraction of sp³-hybridized carbons (Fsp3) is 0.188. The highest BCUT2D eigenvalue weighted by Crippen LogP contribution is 2.31. The molecule has 2 aromatic carbocycles. The predicted octanol–water partition coefficient (Wildman–Crippen LogP) is 2.99. The number of carbonyl (C=O) groups is 1. The summed E-state index contributed by atoms with van der Waals surface area (Å²) >= 11 is 11.7. The van der Waals surface area contributed by atoms with Gasteiger partial charge in [0.15, 0.2) is 6.10 Å². The van der Waals surface area contributed by atoms with E-state index in [9.17, 15) is 13.2 Å². The molecule has 3 N–H and O–H groups in total. The molecule has 0 fully saturated rings. The van der Waals surface area contributed by atoms with Gasteiger partial charge in [-0.1, -0.05) is 23.2 Å². The number of aryl methyl sites for hydroxylation is 1. The highest BCUT2D eigenvalue weighted by Gasteiger charge is 2.26. The number of rotatable bonds is 4. The highest BCUT2D eigenvalue weighted by atomic mass is 35.5. The van der Waals surface area contributed by atoms with Crippen LogP contribution in [-0.4, -0.2) is 25.6 Å². The second-order valence-corrected chi connectivity index (χ2v) is 8.21. The summed E-state index contributed by atoms with van der Waals surface area (Å²) in [5.74, 6) is -0.170. The maximum atomic E-state index is 12.5. The molecule has 2 aromatic rings. The van der Waals surface area contributed by atoms with Gasteiger partial charge in [0.05, 0.1) is 4.90 Å². The van der Waals surface area contributed by atoms with Crippen molar-refractivity contribution in [3.8, 4) is 5.75 Å². The van der Waals surface area contributed by atoms with E-state index in [1.807, 2.05) is 0 Å². The SMILES string of the molecule is O=C(NO)C1CCc2cc(NS(=O)(=O)c3cc(Cl)cc(Cl)c3)ccc2O1. The van der Waals surface area contributed by atoms with Crippen molar-refractivity contribution in [2.75, 3.05) is 4.72 Å². The van der Waals surface area contributed by atoms with Crippen LogP contribution in [0.2, 0.25) is 10.0 Å². The molecule has 0 aliphatic carbocycles. The lowest BCUT2D eigenvalue weighted by atomic mass is 10.0. The fourth-order valence-electron chi connectivity index (χ4n) is 2.61. The molecular formula is C16H14Cl2N2O5S. The average Bonchev–Trinajstić information content (AvgIpc) is 2.59. The number of fused-ring (bicyclic) bond motifs is 1. The van der Waals surface area contributed by atoms with E-state index in [4.69, 9.17) is 33.1 Å². The van der Waals surface area contributed by atoms with Gasteiger partial charge in [-0.2, -0.15) is 0 Å². The molecule has 1 atom stereocenters. The molecule has 1 heterocycles. The van der Waals surface area contributed by atoms with Crippen LogP contribution in [0.5, 0.6) is 5.75 Å². The maximum absolute atomic E-state index is 12.5. The van der Waals surface area contributed by atoms with Crippen molar-refractivity contribution in [3.05, 3.63) is 52.0 Å². The molecule has 0 spiro atoms. The van der Waals surface area contributed by atoms with Crippen molar-refractivity contribution >= 4 is 44.8 Å². The zero-order valence-corrected chi connectivity index (χ0v) is 15.5. The van der Waals surface area contributed by atoms with E-state index in [0.29, 0.717) is 24.3 Å². The van der Waals surface area contributed by atoms with Gasteiger partial charge in [-0.15, -0.1) is 0 Å². The molecular weight excluding hydrogens is 403 g/mol. The van der Waals surface area contributed by atoms with E-state index >= 15 is 0 Å². The number of anilines is 1. The molecule has 10 heteroatoms. The third-order valence-electron chi connectivity index (χ3n) is 3.81. The second-order valence-electron chi connectivity index (χ2n) is 5.65. The first kappa shape index (κ1) is 18.8. The van der Waals surface area contributed by atoms with E-state index in [1.54, 1.807) is 17.6 Å². The van der Waals surface area contributed by atoms with Gasteiger partial charge < -0.3 is 4.74 Å². The van der Waals surface area contributed by atoms with Crippen LogP contribution in [0.4, 0.5) is 5.69 Å². The number of sulfonamides is 1. The minimum absolute atomic E-state index is 0.0522. The Hall–Kier alpha value is -2.00. The van der Waals surface area contributed by atoms with Crippen LogP contribution >= 0.6 is 23.2 Å². The minimum atomic E-state index is -3.87. The number of hydrogen-bond acceptors (Lipinski definition) is 5. The lowest BCUT2D eigenvalue weighted by molar-refractivity contribution is -0.137. The number of ether oxygens (including phenoxy) is 1. The number of amides is 1.